The van der Waals surface area contributed by atoms with Crippen molar-refractivity contribution in [3.63, 3.8) is 0 Å². The lowest BCUT2D eigenvalue weighted by Crippen LogP contribution is -2.49. The largest absolute Gasteiger partial charge is 0.481 e. The number of amides is 1. The number of carboxylic acids is 1. The molecular weight excluding hydrogens is 351 g/mol. The Hall–Kier alpha value is -2.00. The Morgan fingerprint density at radius 2 is 2.04 bits per heavy atom. The highest BCUT2D eigenvalue weighted by atomic mass is 32.2. The molecule has 0 saturated carbocycles. The lowest BCUT2D eigenvalue weighted by atomic mass is 9.90. The molecule has 0 bridgehead atoms. The van der Waals surface area contributed by atoms with Gasteiger partial charge in [0.2, 0.25) is 15.9 Å². The number of nitrogens with zero attached hydrogens (tertiary/aromatic N) is 1. The molecule has 2 rings (SSSR count). The van der Waals surface area contributed by atoms with Gasteiger partial charge in [0.15, 0.2) is 0 Å². The van der Waals surface area contributed by atoms with Crippen LogP contribution in [0.4, 0.5) is 4.39 Å². The first-order valence-corrected chi connectivity index (χ1v) is 9.49. The monoisotopic (exact) mass is 372 g/mol. The van der Waals surface area contributed by atoms with E-state index in [0.29, 0.717) is 19.4 Å². The maximum absolute atomic E-state index is 13.6. The highest BCUT2D eigenvalue weighted by Crippen LogP contribution is 2.24. The van der Waals surface area contributed by atoms with Crippen LogP contribution >= 0.6 is 0 Å². The fourth-order valence-electron chi connectivity index (χ4n) is 3.00. The predicted molar refractivity (Wildman–Crippen MR) is 87.7 cm³/mol. The highest BCUT2D eigenvalue weighted by molar-refractivity contribution is 7.89. The number of hydrogen-bond donors (Lipinski definition) is 2. The number of halogens is 1. The van der Waals surface area contributed by atoms with E-state index in [1.54, 1.807) is 6.92 Å². The van der Waals surface area contributed by atoms with Gasteiger partial charge in [-0.1, -0.05) is 12.1 Å². The van der Waals surface area contributed by atoms with E-state index in [9.17, 15) is 27.5 Å². The summed E-state index contributed by atoms with van der Waals surface area (Å²) >= 11 is 0. The SMILES string of the molecule is C[C@@H]1[C@H](C(=O)O)CCCN1C(=O)CCNS(=O)(=O)c1ccccc1F. The zero-order chi connectivity index (χ0) is 18.6. The molecule has 0 spiro atoms. The standard InChI is InChI=1S/C16H21FN2O5S/c1-11-12(16(21)22)5-4-10-19(11)15(20)8-9-18-25(23,24)14-7-3-2-6-13(14)17/h2-3,6-7,11-12,18H,4-5,8-10H2,1H3,(H,21,22)/t11-,12-/m1/s1. The van der Waals surface area contributed by atoms with Crippen LogP contribution in [0.2, 0.25) is 0 Å². The zero-order valence-corrected chi connectivity index (χ0v) is 14.6. The second-order valence-electron chi connectivity index (χ2n) is 5.99. The minimum Gasteiger partial charge on any atom is -0.481 e. The molecule has 2 N–H and O–H groups in total. The molecule has 25 heavy (non-hydrogen) atoms. The van der Waals surface area contributed by atoms with Gasteiger partial charge in [0.25, 0.3) is 0 Å². The third-order valence-electron chi connectivity index (χ3n) is 4.38. The summed E-state index contributed by atoms with van der Waals surface area (Å²) in [5.41, 5.74) is 0. The third kappa shape index (κ3) is 4.55. The maximum Gasteiger partial charge on any atom is 0.308 e. The number of nitrogens with one attached hydrogen (secondary N) is 1. The first-order chi connectivity index (χ1) is 11.7. The van der Waals surface area contributed by atoms with Crippen molar-refractivity contribution in [1.29, 1.82) is 0 Å². The van der Waals surface area contributed by atoms with Crippen LogP contribution < -0.4 is 4.72 Å². The van der Waals surface area contributed by atoms with E-state index in [1.807, 2.05) is 0 Å². The molecule has 1 aliphatic rings. The van der Waals surface area contributed by atoms with Gasteiger partial charge < -0.3 is 10.0 Å². The molecule has 1 aromatic rings. The molecule has 138 valence electrons. The Morgan fingerprint density at radius 1 is 1.36 bits per heavy atom. The lowest BCUT2D eigenvalue weighted by Gasteiger charge is -2.37. The van der Waals surface area contributed by atoms with Crippen LogP contribution in [-0.2, 0) is 19.6 Å². The van der Waals surface area contributed by atoms with E-state index in [0.717, 1.165) is 12.1 Å². The van der Waals surface area contributed by atoms with Crippen LogP contribution in [-0.4, -0.2) is 49.4 Å². The fraction of sp³-hybridized carbons (Fsp3) is 0.500. The Balaban J connectivity index is 1.94. The van der Waals surface area contributed by atoms with Crippen LogP contribution in [0.5, 0.6) is 0 Å². The van der Waals surface area contributed by atoms with Crippen LogP contribution in [0.15, 0.2) is 29.2 Å². The summed E-state index contributed by atoms with van der Waals surface area (Å²) in [5, 5.41) is 9.18. The summed E-state index contributed by atoms with van der Waals surface area (Å²) in [6.45, 7) is 1.94. The van der Waals surface area contributed by atoms with E-state index < -0.39 is 38.7 Å². The Labute approximate surface area is 145 Å². The minimum atomic E-state index is -4.04. The third-order valence-corrected chi connectivity index (χ3v) is 5.88. The number of hydrogen-bond acceptors (Lipinski definition) is 4. The van der Waals surface area contributed by atoms with Gasteiger partial charge in [-0.05, 0) is 31.9 Å². The lowest BCUT2D eigenvalue weighted by molar-refractivity contribution is -0.149. The first-order valence-electron chi connectivity index (χ1n) is 8.00. The van der Waals surface area contributed by atoms with E-state index in [2.05, 4.69) is 4.72 Å². The summed E-state index contributed by atoms with van der Waals surface area (Å²) in [5.74, 6) is -2.75. The molecule has 1 amide bonds. The molecule has 0 unspecified atom stereocenters. The first kappa shape index (κ1) is 19.3. The number of benzene rings is 1. The van der Waals surface area contributed by atoms with Crippen molar-refractivity contribution >= 4 is 21.9 Å². The summed E-state index contributed by atoms with van der Waals surface area (Å²) < 4.78 is 39.9. The van der Waals surface area contributed by atoms with Gasteiger partial charge in [-0.25, -0.2) is 17.5 Å². The summed E-state index contributed by atoms with van der Waals surface area (Å²) in [4.78, 5) is 24.5. The molecule has 1 aliphatic heterocycles. The van der Waals surface area contributed by atoms with Crippen molar-refractivity contribution in [2.45, 2.75) is 37.1 Å². The van der Waals surface area contributed by atoms with Crippen molar-refractivity contribution in [3.05, 3.63) is 30.1 Å². The maximum atomic E-state index is 13.6. The Kier molecular flexibility index (Phi) is 6.12. The number of carbonyl (C=O) groups excluding carboxylic acids is 1. The predicted octanol–water partition coefficient (Wildman–Crippen LogP) is 1.21. The van der Waals surface area contributed by atoms with Gasteiger partial charge in [0, 0.05) is 25.6 Å². The Bertz CT molecular complexity index is 753. The average Bonchev–Trinajstić information content (AvgIpc) is 2.54. The molecule has 9 heteroatoms. The number of aliphatic carboxylic acids is 1. The topological polar surface area (TPSA) is 104 Å². The van der Waals surface area contributed by atoms with E-state index in [4.69, 9.17) is 0 Å². The van der Waals surface area contributed by atoms with E-state index >= 15 is 0 Å². The van der Waals surface area contributed by atoms with Crippen molar-refractivity contribution in [2.24, 2.45) is 5.92 Å². The van der Waals surface area contributed by atoms with Crippen LogP contribution in [0.1, 0.15) is 26.2 Å². The number of carboxylic acid groups (broad SMARTS) is 1. The van der Waals surface area contributed by atoms with Crippen LogP contribution in [0.3, 0.4) is 0 Å². The number of piperidine rings is 1. The highest BCUT2D eigenvalue weighted by Gasteiger charge is 2.35. The number of rotatable bonds is 6. The van der Waals surface area contributed by atoms with Crippen LogP contribution in [0.25, 0.3) is 0 Å². The molecule has 0 aromatic heterocycles. The van der Waals surface area contributed by atoms with Gasteiger partial charge in [-0.3, -0.25) is 9.59 Å². The number of sulfonamides is 1. The van der Waals surface area contributed by atoms with Crippen molar-refractivity contribution in [1.82, 2.24) is 9.62 Å². The van der Waals surface area contributed by atoms with E-state index in [1.165, 1.54) is 17.0 Å². The van der Waals surface area contributed by atoms with Gasteiger partial charge in [-0.2, -0.15) is 0 Å². The molecule has 1 aromatic carbocycles. The van der Waals surface area contributed by atoms with Crippen molar-refractivity contribution in [2.75, 3.05) is 13.1 Å². The quantitative estimate of drug-likeness (QED) is 0.781. The fourth-order valence-corrected chi connectivity index (χ4v) is 4.11. The molecule has 2 atom stereocenters. The van der Waals surface area contributed by atoms with Crippen molar-refractivity contribution in [3.8, 4) is 0 Å². The molecule has 7 nitrogen and oxygen atoms in total. The molecule has 0 radical (unpaired) electrons. The molecule has 1 heterocycles. The normalized spacial score (nSPS) is 21.1. The second kappa shape index (κ2) is 7.92. The summed E-state index contributed by atoms with van der Waals surface area (Å²) in [6.07, 6.45) is 0.985. The smallest absolute Gasteiger partial charge is 0.308 e. The van der Waals surface area contributed by atoms with Gasteiger partial charge in [0.05, 0.1) is 5.92 Å². The zero-order valence-electron chi connectivity index (χ0n) is 13.8. The van der Waals surface area contributed by atoms with Gasteiger partial charge in [0.1, 0.15) is 10.7 Å². The Morgan fingerprint density at radius 3 is 2.68 bits per heavy atom. The molecule has 1 fully saturated rings. The summed E-state index contributed by atoms with van der Waals surface area (Å²) in [7, 11) is -4.04. The average molecular weight is 372 g/mol. The molecule has 0 aliphatic carbocycles. The second-order valence-corrected chi connectivity index (χ2v) is 7.73. The van der Waals surface area contributed by atoms with Gasteiger partial charge >= 0.3 is 5.97 Å². The summed E-state index contributed by atoms with van der Waals surface area (Å²) in [6, 6.07) is 4.53. The van der Waals surface area contributed by atoms with Gasteiger partial charge in [-0.15, -0.1) is 0 Å². The molecule has 1 saturated heterocycles. The molecular formula is C16H21FN2O5S. The van der Waals surface area contributed by atoms with Crippen LogP contribution in [0, 0.1) is 11.7 Å². The number of carbonyl (C=O) groups is 2. The van der Waals surface area contributed by atoms with E-state index in [-0.39, 0.29) is 18.9 Å². The minimum absolute atomic E-state index is 0.121. The van der Waals surface area contributed by atoms with Crippen molar-refractivity contribution < 1.29 is 27.5 Å². The number of likely N-dealkylation sites (tertiary alicyclic amines) is 1.